The molecule has 0 aromatic carbocycles. The van der Waals surface area contributed by atoms with Crippen molar-refractivity contribution in [2.24, 2.45) is 0 Å². The second-order valence-corrected chi connectivity index (χ2v) is 4.58. The van der Waals surface area contributed by atoms with Crippen LogP contribution in [0.15, 0.2) is 0 Å². The standard InChI is InChI=1S/C6H13O6P/c1-4(7)6(9)5(8)2-3-13(10,11)12/h5-6,8-9H,2-3H2,1H3,(H2,10,11,12). The molecule has 78 valence electrons. The van der Waals surface area contributed by atoms with E-state index in [0.717, 1.165) is 6.92 Å². The highest BCUT2D eigenvalue weighted by molar-refractivity contribution is 7.51. The van der Waals surface area contributed by atoms with Gasteiger partial charge in [-0.15, -0.1) is 0 Å². The lowest BCUT2D eigenvalue weighted by atomic mass is 10.1. The van der Waals surface area contributed by atoms with Crippen molar-refractivity contribution in [3.8, 4) is 0 Å². The smallest absolute Gasteiger partial charge is 0.325 e. The summed E-state index contributed by atoms with van der Waals surface area (Å²) in [6.45, 7) is 1.09. The van der Waals surface area contributed by atoms with Crippen LogP contribution in [0, 0.1) is 0 Å². The third kappa shape index (κ3) is 5.90. The van der Waals surface area contributed by atoms with Crippen LogP contribution in [0.1, 0.15) is 13.3 Å². The average Bonchev–Trinajstić information content (AvgIpc) is 1.97. The van der Waals surface area contributed by atoms with Crippen molar-refractivity contribution in [3.05, 3.63) is 0 Å². The Hall–Kier alpha value is -0.260. The predicted octanol–water partition coefficient (Wildman–Crippen LogP) is -1.14. The summed E-state index contributed by atoms with van der Waals surface area (Å²) < 4.78 is 10.3. The van der Waals surface area contributed by atoms with Crippen LogP contribution >= 0.6 is 7.60 Å². The molecular weight excluding hydrogens is 199 g/mol. The SMILES string of the molecule is CC(=O)C(O)C(O)CCP(=O)(O)O. The van der Waals surface area contributed by atoms with E-state index >= 15 is 0 Å². The van der Waals surface area contributed by atoms with E-state index in [1.54, 1.807) is 0 Å². The molecule has 0 aliphatic rings. The molecule has 4 N–H and O–H groups in total. The lowest BCUT2D eigenvalue weighted by Gasteiger charge is -2.14. The van der Waals surface area contributed by atoms with Crippen LogP contribution in [0.2, 0.25) is 0 Å². The maximum absolute atomic E-state index is 10.5. The normalized spacial score (nSPS) is 16.7. The summed E-state index contributed by atoms with van der Waals surface area (Å²) in [6.07, 6.45) is -3.82. The van der Waals surface area contributed by atoms with Gasteiger partial charge in [0, 0.05) is 0 Å². The zero-order valence-electron chi connectivity index (χ0n) is 7.12. The van der Waals surface area contributed by atoms with E-state index in [-0.39, 0.29) is 6.42 Å². The highest BCUT2D eigenvalue weighted by Gasteiger charge is 2.23. The van der Waals surface area contributed by atoms with Gasteiger partial charge in [-0.2, -0.15) is 0 Å². The van der Waals surface area contributed by atoms with Crippen molar-refractivity contribution in [2.75, 3.05) is 6.16 Å². The van der Waals surface area contributed by atoms with Crippen molar-refractivity contribution >= 4 is 13.4 Å². The van der Waals surface area contributed by atoms with Gasteiger partial charge in [-0.1, -0.05) is 0 Å². The molecule has 2 unspecified atom stereocenters. The number of rotatable bonds is 5. The third-order valence-electron chi connectivity index (χ3n) is 1.50. The molecule has 0 spiro atoms. The van der Waals surface area contributed by atoms with Gasteiger partial charge in [0.15, 0.2) is 5.78 Å². The van der Waals surface area contributed by atoms with Gasteiger partial charge in [0.05, 0.1) is 12.3 Å². The molecule has 0 radical (unpaired) electrons. The summed E-state index contributed by atoms with van der Waals surface area (Å²) in [5.74, 6) is -0.627. The van der Waals surface area contributed by atoms with Crippen LogP contribution in [0.3, 0.4) is 0 Å². The van der Waals surface area contributed by atoms with Gasteiger partial charge in [-0.3, -0.25) is 9.36 Å². The minimum atomic E-state index is -4.17. The maximum Gasteiger partial charge on any atom is 0.325 e. The fraction of sp³-hybridized carbons (Fsp3) is 0.833. The summed E-state index contributed by atoms with van der Waals surface area (Å²) in [5, 5.41) is 18.0. The fourth-order valence-corrected chi connectivity index (χ4v) is 1.33. The number of hydrogen-bond donors (Lipinski definition) is 4. The third-order valence-corrected chi connectivity index (χ3v) is 2.34. The first-order valence-electron chi connectivity index (χ1n) is 3.65. The monoisotopic (exact) mass is 212 g/mol. The van der Waals surface area contributed by atoms with Gasteiger partial charge < -0.3 is 20.0 Å². The Balaban J connectivity index is 3.95. The molecule has 0 saturated heterocycles. The Kier molecular flexibility index (Phi) is 4.74. The number of carbonyl (C=O) groups is 1. The van der Waals surface area contributed by atoms with Gasteiger partial charge in [0.1, 0.15) is 6.10 Å². The second kappa shape index (κ2) is 4.83. The van der Waals surface area contributed by atoms with Crippen LogP contribution < -0.4 is 0 Å². The Labute approximate surface area is 75.4 Å². The molecule has 0 fully saturated rings. The minimum Gasteiger partial charge on any atom is -0.390 e. The molecule has 0 aliphatic carbocycles. The van der Waals surface area contributed by atoms with Crippen molar-refractivity contribution in [1.29, 1.82) is 0 Å². The van der Waals surface area contributed by atoms with E-state index < -0.39 is 31.7 Å². The highest BCUT2D eigenvalue weighted by Crippen LogP contribution is 2.35. The van der Waals surface area contributed by atoms with Crippen LogP contribution in [0.25, 0.3) is 0 Å². The van der Waals surface area contributed by atoms with E-state index in [9.17, 15) is 9.36 Å². The highest BCUT2D eigenvalue weighted by atomic mass is 31.2. The van der Waals surface area contributed by atoms with Gasteiger partial charge in [-0.25, -0.2) is 0 Å². The molecular formula is C6H13O6P. The van der Waals surface area contributed by atoms with E-state index in [0.29, 0.717) is 0 Å². The lowest BCUT2D eigenvalue weighted by Crippen LogP contribution is -2.32. The Morgan fingerprint density at radius 3 is 2.15 bits per heavy atom. The van der Waals surface area contributed by atoms with Crippen molar-refractivity contribution in [1.82, 2.24) is 0 Å². The molecule has 0 rings (SSSR count). The first-order valence-corrected chi connectivity index (χ1v) is 5.45. The number of carbonyl (C=O) groups excluding carboxylic acids is 1. The zero-order chi connectivity index (χ0) is 10.6. The number of ketones is 1. The van der Waals surface area contributed by atoms with Gasteiger partial charge in [0.25, 0.3) is 0 Å². The number of Topliss-reactive ketones (excluding diaryl/α,β-unsaturated/α-hetero) is 1. The van der Waals surface area contributed by atoms with Crippen molar-refractivity contribution in [3.63, 3.8) is 0 Å². The molecule has 0 amide bonds. The first kappa shape index (κ1) is 12.7. The molecule has 0 saturated carbocycles. The topological polar surface area (TPSA) is 115 Å². The number of hydrogen-bond acceptors (Lipinski definition) is 4. The fourth-order valence-electron chi connectivity index (χ4n) is 0.729. The van der Waals surface area contributed by atoms with Crippen molar-refractivity contribution < 1.29 is 29.4 Å². The van der Waals surface area contributed by atoms with Gasteiger partial charge in [0.2, 0.25) is 0 Å². The molecule has 0 aliphatic heterocycles. The van der Waals surface area contributed by atoms with Crippen molar-refractivity contribution in [2.45, 2.75) is 25.6 Å². The molecule has 0 aromatic rings. The lowest BCUT2D eigenvalue weighted by molar-refractivity contribution is -0.130. The molecule has 0 aromatic heterocycles. The molecule has 13 heavy (non-hydrogen) atoms. The summed E-state index contributed by atoms with van der Waals surface area (Å²) in [5.41, 5.74) is 0. The summed E-state index contributed by atoms with van der Waals surface area (Å²) in [7, 11) is -4.17. The van der Waals surface area contributed by atoms with E-state index in [4.69, 9.17) is 20.0 Å². The van der Waals surface area contributed by atoms with Gasteiger partial charge in [-0.05, 0) is 13.3 Å². The summed E-state index contributed by atoms with van der Waals surface area (Å²) in [4.78, 5) is 27.3. The van der Waals surface area contributed by atoms with E-state index in [1.165, 1.54) is 0 Å². The quantitative estimate of drug-likeness (QED) is 0.428. The maximum atomic E-state index is 10.5. The molecule has 0 heterocycles. The van der Waals surface area contributed by atoms with Crippen LogP contribution in [0.4, 0.5) is 0 Å². The Morgan fingerprint density at radius 2 is 1.85 bits per heavy atom. The largest absolute Gasteiger partial charge is 0.390 e. The molecule has 0 bridgehead atoms. The molecule has 6 nitrogen and oxygen atoms in total. The van der Waals surface area contributed by atoms with E-state index in [2.05, 4.69) is 0 Å². The summed E-state index contributed by atoms with van der Waals surface area (Å²) >= 11 is 0. The Bertz CT molecular complexity index is 221. The first-order chi connectivity index (χ1) is 5.74. The van der Waals surface area contributed by atoms with Gasteiger partial charge >= 0.3 is 7.60 Å². The number of aliphatic hydroxyl groups excluding tert-OH is 2. The van der Waals surface area contributed by atoms with E-state index in [1.807, 2.05) is 0 Å². The average molecular weight is 212 g/mol. The van der Waals surface area contributed by atoms with Crippen LogP contribution in [-0.2, 0) is 9.36 Å². The second-order valence-electron chi connectivity index (χ2n) is 2.80. The zero-order valence-corrected chi connectivity index (χ0v) is 8.02. The van der Waals surface area contributed by atoms with Crippen LogP contribution in [-0.4, -0.2) is 44.2 Å². The summed E-state index contributed by atoms with van der Waals surface area (Å²) in [6, 6.07) is 0. The minimum absolute atomic E-state index is 0.301. The van der Waals surface area contributed by atoms with Crippen LogP contribution in [0.5, 0.6) is 0 Å². The predicted molar refractivity (Wildman–Crippen MR) is 44.2 cm³/mol. The molecule has 2 atom stereocenters. The Morgan fingerprint density at radius 1 is 1.38 bits per heavy atom. The molecule has 7 heteroatoms. The number of aliphatic hydroxyl groups is 2.